The molecule has 0 bridgehead atoms. The largest absolute Gasteiger partial charge is 0.497 e. The molecule has 8 heteroatoms. The average Bonchev–Trinajstić information content (AvgIpc) is 3.69. The highest BCUT2D eigenvalue weighted by atomic mass is 16.5. The quantitative estimate of drug-likeness (QED) is 0.524. The van der Waals surface area contributed by atoms with Crippen LogP contribution in [0.5, 0.6) is 5.75 Å². The maximum absolute atomic E-state index is 13.8. The third kappa shape index (κ3) is 6.19. The molecule has 2 aliphatic heterocycles. The van der Waals surface area contributed by atoms with Gasteiger partial charge < -0.3 is 14.4 Å². The Morgan fingerprint density at radius 2 is 1.86 bits per heavy atom. The van der Waals surface area contributed by atoms with Crippen LogP contribution in [0.2, 0.25) is 0 Å². The molecule has 2 fully saturated rings. The summed E-state index contributed by atoms with van der Waals surface area (Å²) >= 11 is 0. The Hall–Kier alpha value is -3.23. The molecule has 0 radical (unpaired) electrons. The van der Waals surface area contributed by atoms with Crippen molar-refractivity contribution in [1.29, 1.82) is 0 Å². The van der Waals surface area contributed by atoms with Crippen molar-refractivity contribution in [1.82, 2.24) is 14.8 Å². The number of ether oxygens (including phenoxy) is 2. The van der Waals surface area contributed by atoms with Gasteiger partial charge in [-0.3, -0.25) is 14.5 Å². The third-order valence-electron chi connectivity index (χ3n) is 7.39. The van der Waals surface area contributed by atoms with Gasteiger partial charge in [-0.25, -0.2) is 5.01 Å². The van der Waals surface area contributed by atoms with Gasteiger partial charge in [0.25, 0.3) is 5.91 Å². The molecule has 0 spiro atoms. The standard InChI is InChI=1S/C29H36N4O4/c1-21-6-8-22(9-7-21)27-19-26(24-4-3-5-25(18-24)36-2)30-33(27)28(34)20-32(29(35)23-10-11-23)13-12-31-14-16-37-17-15-31/h3-9,18,23,27H,10-17,19-20H2,1-2H3/t27-/m1/s1. The van der Waals surface area contributed by atoms with Gasteiger partial charge in [-0.1, -0.05) is 42.0 Å². The molecule has 8 nitrogen and oxygen atoms in total. The maximum Gasteiger partial charge on any atom is 0.262 e. The van der Waals surface area contributed by atoms with Crippen molar-refractivity contribution in [2.24, 2.45) is 11.0 Å². The summed E-state index contributed by atoms with van der Waals surface area (Å²) in [5.74, 6) is 0.741. The van der Waals surface area contributed by atoms with Gasteiger partial charge in [-0.15, -0.1) is 0 Å². The first-order valence-electron chi connectivity index (χ1n) is 13.2. The molecule has 0 aromatic heterocycles. The molecule has 1 aliphatic carbocycles. The lowest BCUT2D eigenvalue weighted by Gasteiger charge is -2.31. The zero-order chi connectivity index (χ0) is 25.8. The lowest BCUT2D eigenvalue weighted by atomic mass is 9.97. The summed E-state index contributed by atoms with van der Waals surface area (Å²) < 4.78 is 10.9. The third-order valence-corrected chi connectivity index (χ3v) is 7.39. The SMILES string of the molecule is COc1cccc(C2=NN(C(=O)CN(CCN3CCOCC3)C(=O)C3CC3)[C@@H](c3ccc(C)cc3)C2)c1. The van der Waals surface area contributed by atoms with Crippen LogP contribution >= 0.6 is 0 Å². The Balaban J connectivity index is 1.37. The first-order valence-corrected chi connectivity index (χ1v) is 13.2. The Kier molecular flexibility index (Phi) is 7.86. The molecule has 1 saturated carbocycles. The second kappa shape index (κ2) is 11.4. The molecule has 0 unspecified atom stereocenters. The van der Waals surface area contributed by atoms with Crippen molar-refractivity contribution in [2.75, 3.05) is 53.0 Å². The van der Waals surface area contributed by atoms with Crippen molar-refractivity contribution >= 4 is 17.5 Å². The van der Waals surface area contributed by atoms with Crippen LogP contribution < -0.4 is 4.74 Å². The summed E-state index contributed by atoms with van der Waals surface area (Å²) in [4.78, 5) is 31.0. The fraction of sp³-hybridized carbons (Fsp3) is 0.483. The van der Waals surface area contributed by atoms with Crippen molar-refractivity contribution in [3.05, 3.63) is 65.2 Å². The van der Waals surface area contributed by atoms with Crippen LogP contribution in [0, 0.1) is 12.8 Å². The van der Waals surface area contributed by atoms with Gasteiger partial charge in [0.1, 0.15) is 12.3 Å². The molecule has 2 aromatic carbocycles. The van der Waals surface area contributed by atoms with Gasteiger partial charge in [0.05, 0.1) is 32.1 Å². The number of benzene rings is 2. The number of nitrogens with zero attached hydrogens (tertiary/aromatic N) is 4. The van der Waals surface area contributed by atoms with Crippen LogP contribution in [0.4, 0.5) is 0 Å². The van der Waals surface area contributed by atoms with Gasteiger partial charge in [-0.05, 0) is 37.5 Å². The number of morpholine rings is 1. The molecule has 0 N–H and O–H groups in total. The number of rotatable bonds is 9. The van der Waals surface area contributed by atoms with Gasteiger partial charge >= 0.3 is 0 Å². The van der Waals surface area contributed by atoms with Gasteiger partial charge in [0.15, 0.2) is 0 Å². The minimum atomic E-state index is -0.216. The van der Waals surface area contributed by atoms with Crippen LogP contribution in [-0.4, -0.2) is 85.4 Å². The van der Waals surface area contributed by atoms with E-state index < -0.39 is 0 Å². The fourth-order valence-electron chi connectivity index (χ4n) is 4.94. The van der Waals surface area contributed by atoms with Crippen molar-refractivity contribution < 1.29 is 19.1 Å². The fourth-order valence-corrected chi connectivity index (χ4v) is 4.94. The van der Waals surface area contributed by atoms with E-state index >= 15 is 0 Å². The van der Waals surface area contributed by atoms with E-state index in [1.54, 1.807) is 17.0 Å². The molecule has 2 amide bonds. The van der Waals surface area contributed by atoms with Crippen molar-refractivity contribution in [3.8, 4) is 5.75 Å². The van der Waals surface area contributed by atoms with Crippen molar-refractivity contribution in [3.63, 3.8) is 0 Å². The van der Waals surface area contributed by atoms with Crippen LogP contribution in [0.25, 0.3) is 0 Å². The highest BCUT2D eigenvalue weighted by molar-refractivity contribution is 6.03. The minimum absolute atomic E-state index is 0.0386. The summed E-state index contributed by atoms with van der Waals surface area (Å²) in [6.45, 7) is 6.51. The van der Waals surface area contributed by atoms with E-state index in [4.69, 9.17) is 14.6 Å². The molecule has 2 aromatic rings. The maximum atomic E-state index is 13.8. The molecule has 2 heterocycles. The van der Waals surface area contributed by atoms with E-state index in [1.807, 2.05) is 24.3 Å². The lowest BCUT2D eigenvalue weighted by Crippen LogP contribution is -2.47. The zero-order valence-electron chi connectivity index (χ0n) is 21.8. The summed E-state index contributed by atoms with van der Waals surface area (Å²) in [6.07, 6.45) is 2.43. The van der Waals surface area contributed by atoms with E-state index in [2.05, 4.69) is 36.1 Å². The van der Waals surface area contributed by atoms with Crippen LogP contribution in [0.3, 0.4) is 0 Å². The topological polar surface area (TPSA) is 74.7 Å². The monoisotopic (exact) mass is 504 g/mol. The molecular weight excluding hydrogens is 468 g/mol. The Morgan fingerprint density at radius 3 is 2.57 bits per heavy atom. The van der Waals surface area contributed by atoms with Crippen LogP contribution in [0.1, 0.15) is 42.0 Å². The Bertz CT molecular complexity index is 1140. The number of hydrogen-bond donors (Lipinski definition) is 0. The smallest absolute Gasteiger partial charge is 0.262 e. The number of amides is 2. The predicted molar refractivity (Wildman–Crippen MR) is 141 cm³/mol. The van der Waals surface area contributed by atoms with Gasteiger partial charge in [0.2, 0.25) is 5.91 Å². The first kappa shape index (κ1) is 25.4. The number of methoxy groups -OCH3 is 1. The molecule has 3 aliphatic rings. The highest BCUT2D eigenvalue weighted by Crippen LogP contribution is 2.35. The van der Waals surface area contributed by atoms with E-state index in [0.717, 1.165) is 60.6 Å². The number of carbonyl (C=O) groups excluding carboxylic acids is 2. The number of hydrazone groups is 1. The summed E-state index contributed by atoms with van der Waals surface area (Å²) in [7, 11) is 1.64. The minimum Gasteiger partial charge on any atom is -0.497 e. The van der Waals surface area contributed by atoms with E-state index in [-0.39, 0.29) is 30.3 Å². The second-order valence-corrected chi connectivity index (χ2v) is 10.1. The van der Waals surface area contributed by atoms with Crippen LogP contribution in [-0.2, 0) is 14.3 Å². The Labute approximate surface area is 218 Å². The highest BCUT2D eigenvalue weighted by Gasteiger charge is 2.38. The normalized spacial score (nSPS) is 20.0. The van der Waals surface area contributed by atoms with Gasteiger partial charge in [0, 0.05) is 44.1 Å². The molecule has 1 atom stereocenters. The Morgan fingerprint density at radius 1 is 1.11 bits per heavy atom. The van der Waals surface area contributed by atoms with E-state index in [9.17, 15) is 9.59 Å². The van der Waals surface area contributed by atoms with E-state index in [1.165, 1.54) is 0 Å². The molecular formula is C29H36N4O4. The molecule has 196 valence electrons. The van der Waals surface area contributed by atoms with Gasteiger partial charge in [-0.2, -0.15) is 5.10 Å². The summed E-state index contributed by atoms with van der Waals surface area (Å²) in [6, 6.07) is 15.8. The lowest BCUT2D eigenvalue weighted by molar-refractivity contribution is -0.142. The average molecular weight is 505 g/mol. The summed E-state index contributed by atoms with van der Waals surface area (Å²) in [5, 5.41) is 6.42. The number of aryl methyl sites for hydroxylation is 1. The number of carbonyl (C=O) groups is 2. The first-order chi connectivity index (χ1) is 18.0. The predicted octanol–water partition coefficient (Wildman–Crippen LogP) is 3.25. The zero-order valence-corrected chi connectivity index (χ0v) is 21.8. The molecule has 5 rings (SSSR count). The molecule has 1 saturated heterocycles. The number of hydrogen-bond acceptors (Lipinski definition) is 6. The van der Waals surface area contributed by atoms with Crippen molar-refractivity contribution in [2.45, 2.75) is 32.2 Å². The summed E-state index contributed by atoms with van der Waals surface area (Å²) in [5.41, 5.74) is 3.98. The second-order valence-electron chi connectivity index (χ2n) is 10.1. The molecule has 37 heavy (non-hydrogen) atoms. The van der Waals surface area contributed by atoms with E-state index in [0.29, 0.717) is 26.2 Å². The van der Waals surface area contributed by atoms with Crippen LogP contribution in [0.15, 0.2) is 53.6 Å².